The number of ether oxygens (including phenoxy) is 1. The highest BCUT2D eigenvalue weighted by Crippen LogP contribution is 2.31. The Bertz CT molecular complexity index is 396. The van der Waals surface area contributed by atoms with Crippen LogP contribution in [0.15, 0.2) is 24.3 Å². The first-order valence-corrected chi connectivity index (χ1v) is 5.62. The Morgan fingerprint density at radius 2 is 1.83 bits per heavy atom. The van der Waals surface area contributed by atoms with Crippen LogP contribution >= 0.6 is 0 Å². The lowest BCUT2D eigenvalue weighted by Crippen LogP contribution is -2.09. The average molecular weight is 260 g/mol. The predicted molar refractivity (Wildman–Crippen MR) is 61.1 cm³/mol. The number of hydrogen-bond acceptors (Lipinski definition) is 2. The molecule has 1 aromatic rings. The molecule has 100 valence electrons. The molecule has 0 aliphatic carbocycles. The summed E-state index contributed by atoms with van der Waals surface area (Å²) in [5.41, 5.74) is 0.0371. The summed E-state index contributed by atoms with van der Waals surface area (Å²) in [6, 6.07) is 4.91. The number of halogens is 3. The first kappa shape index (κ1) is 14.5. The first-order valence-electron chi connectivity index (χ1n) is 5.62. The van der Waals surface area contributed by atoms with E-state index in [0.717, 1.165) is 17.7 Å². The molecule has 0 aromatic heterocycles. The van der Waals surface area contributed by atoms with Crippen LogP contribution in [0.25, 0.3) is 0 Å². The van der Waals surface area contributed by atoms with Crippen LogP contribution in [0.5, 0.6) is 0 Å². The Hall–Kier alpha value is -1.52. The van der Waals surface area contributed by atoms with Crippen molar-refractivity contribution in [2.45, 2.75) is 31.9 Å². The van der Waals surface area contributed by atoms with Crippen LogP contribution in [-0.2, 0) is 15.7 Å². The smallest absolute Gasteiger partial charge is 0.416 e. The van der Waals surface area contributed by atoms with Crippen LogP contribution in [0.4, 0.5) is 13.2 Å². The van der Waals surface area contributed by atoms with E-state index in [1.54, 1.807) is 0 Å². The van der Waals surface area contributed by atoms with Crippen molar-refractivity contribution < 1.29 is 22.7 Å². The van der Waals surface area contributed by atoms with E-state index >= 15 is 0 Å². The topological polar surface area (TPSA) is 26.3 Å². The Labute approximate surface area is 104 Å². The van der Waals surface area contributed by atoms with Gasteiger partial charge in [-0.2, -0.15) is 13.2 Å². The molecule has 0 aliphatic heterocycles. The van der Waals surface area contributed by atoms with Gasteiger partial charge in [0, 0.05) is 0 Å². The number of hydrogen-bond donors (Lipinski definition) is 0. The standard InChI is InChI=1S/C13H15F3O2/c1-3-9(8-12(17)18-2)10-4-6-11(7-5-10)13(14,15)16/h4-7,9H,3,8H2,1-2H3/t9-/m1/s1. The van der Waals surface area contributed by atoms with Crippen molar-refractivity contribution in [3.8, 4) is 0 Å². The monoisotopic (exact) mass is 260 g/mol. The molecule has 1 aromatic carbocycles. The largest absolute Gasteiger partial charge is 0.469 e. The molecule has 0 spiro atoms. The minimum Gasteiger partial charge on any atom is -0.469 e. The third-order valence-corrected chi connectivity index (χ3v) is 2.84. The number of carbonyl (C=O) groups excluding carboxylic acids is 1. The molecule has 5 heteroatoms. The van der Waals surface area contributed by atoms with Gasteiger partial charge in [0.05, 0.1) is 19.1 Å². The summed E-state index contributed by atoms with van der Waals surface area (Å²) in [6.45, 7) is 1.88. The van der Waals surface area contributed by atoms with Crippen LogP contribution in [0.3, 0.4) is 0 Å². The summed E-state index contributed by atoms with van der Waals surface area (Å²) in [6.07, 6.45) is -3.48. The first-order chi connectivity index (χ1) is 8.38. The van der Waals surface area contributed by atoms with E-state index in [-0.39, 0.29) is 18.3 Å². The van der Waals surface area contributed by atoms with Gasteiger partial charge in [-0.1, -0.05) is 19.1 Å². The van der Waals surface area contributed by atoms with Crippen molar-refractivity contribution in [3.63, 3.8) is 0 Å². The second-order valence-electron chi connectivity index (χ2n) is 4.01. The number of methoxy groups -OCH3 is 1. The quantitative estimate of drug-likeness (QED) is 0.770. The second kappa shape index (κ2) is 5.89. The summed E-state index contributed by atoms with van der Waals surface area (Å²) in [5, 5.41) is 0. The van der Waals surface area contributed by atoms with E-state index in [4.69, 9.17) is 0 Å². The van der Waals surface area contributed by atoms with Gasteiger partial charge in [-0.3, -0.25) is 4.79 Å². The second-order valence-corrected chi connectivity index (χ2v) is 4.01. The molecule has 2 nitrogen and oxygen atoms in total. The SMILES string of the molecule is CC[C@H](CC(=O)OC)c1ccc(C(F)(F)F)cc1. The predicted octanol–water partition coefficient (Wildman–Crippen LogP) is 3.76. The number of esters is 1. The van der Waals surface area contributed by atoms with Gasteiger partial charge in [0.1, 0.15) is 0 Å². The zero-order valence-corrected chi connectivity index (χ0v) is 10.3. The van der Waals surface area contributed by atoms with Crippen LogP contribution in [0.1, 0.15) is 36.8 Å². The normalized spacial score (nSPS) is 13.2. The molecular formula is C13H15F3O2. The molecule has 0 N–H and O–H groups in total. The van der Waals surface area contributed by atoms with Gasteiger partial charge in [-0.05, 0) is 30.0 Å². The molecule has 1 rings (SSSR count). The fourth-order valence-electron chi connectivity index (χ4n) is 1.73. The van der Waals surface area contributed by atoms with Crippen molar-refractivity contribution in [1.29, 1.82) is 0 Å². The minimum atomic E-state index is -4.33. The summed E-state index contributed by atoms with van der Waals surface area (Å²) < 4.78 is 41.7. The third kappa shape index (κ3) is 3.75. The van der Waals surface area contributed by atoms with Crippen LogP contribution in [0.2, 0.25) is 0 Å². The molecule has 0 radical (unpaired) electrons. The van der Waals surface area contributed by atoms with Crippen molar-refractivity contribution in [2.75, 3.05) is 7.11 Å². The number of rotatable bonds is 4. The highest BCUT2D eigenvalue weighted by Gasteiger charge is 2.30. The van der Waals surface area contributed by atoms with Gasteiger partial charge < -0.3 is 4.74 Å². The van der Waals surface area contributed by atoms with E-state index in [1.165, 1.54) is 19.2 Å². The van der Waals surface area contributed by atoms with E-state index in [0.29, 0.717) is 6.42 Å². The Kier molecular flexibility index (Phi) is 4.76. The molecule has 1 atom stereocenters. The molecule has 0 unspecified atom stereocenters. The van der Waals surface area contributed by atoms with Crippen molar-refractivity contribution in [2.24, 2.45) is 0 Å². The highest BCUT2D eigenvalue weighted by atomic mass is 19.4. The van der Waals surface area contributed by atoms with Gasteiger partial charge in [-0.15, -0.1) is 0 Å². The molecule has 0 bridgehead atoms. The molecule has 18 heavy (non-hydrogen) atoms. The van der Waals surface area contributed by atoms with Gasteiger partial charge in [0.15, 0.2) is 0 Å². The fraction of sp³-hybridized carbons (Fsp3) is 0.462. The number of carbonyl (C=O) groups is 1. The van der Waals surface area contributed by atoms with Crippen molar-refractivity contribution >= 4 is 5.97 Å². The minimum absolute atomic E-state index is 0.111. The fourth-order valence-corrected chi connectivity index (χ4v) is 1.73. The highest BCUT2D eigenvalue weighted by molar-refractivity contribution is 5.70. The summed E-state index contributed by atoms with van der Waals surface area (Å²) in [7, 11) is 1.29. The lowest BCUT2D eigenvalue weighted by molar-refractivity contribution is -0.141. The van der Waals surface area contributed by atoms with Gasteiger partial charge in [0.25, 0.3) is 0 Å². The van der Waals surface area contributed by atoms with Crippen LogP contribution < -0.4 is 0 Å². The molecule has 0 amide bonds. The lowest BCUT2D eigenvalue weighted by Gasteiger charge is -2.15. The van der Waals surface area contributed by atoms with Gasteiger partial charge >= 0.3 is 12.1 Å². The molecule has 0 aliphatic rings. The van der Waals surface area contributed by atoms with Gasteiger partial charge in [-0.25, -0.2) is 0 Å². The zero-order chi connectivity index (χ0) is 13.8. The maximum atomic E-state index is 12.4. The average Bonchev–Trinajstić information content (AvgIpc) is 2.34. The maximum absolute atomic E-state index is 12.4. The number of benzene rings is 1. The molecule has 0 heterocycles. The van der Waals surface area contributed by atoms with Gasteiger partial charge in [0.2, 0.25) is 0 Å². The van der Waals surface area contributed by atoms with E-state index in [9.17, 15) is 18.0 Å². The maximum Gasteiger partial charge on any atom is 0.416 e. The van der Waals surface area contributed by atoms with E-state index in [2.05, 4.69) is 4.74 Å². The summed E-state index contributed by atoms with van der Waals surface area (Å²) in [5.74, 6) is -0.471. The molecule has 0 saturated heterocycles. The van der Waals surface area contributed by atoms with E-state index < -0.39 is 11.7 Å². The number of alkyl halides is 3. The van der Waals surface area contributed by atoms with Crippen LogP contribution in [0, 0.1) is 0 Å². The molecule has 0 fully saturated rings. The van der Waals surface area contributed by atoms with Crippen LogP contribution in [-0.4, -0.2) is 13.1 Å². The summed E-state index contributed by atoms with van der Waals surface area (Å²) >= 11 is 0. The lowest BCUT2D eigenvalue weighted by atomic mass is 9.92. The summed E-state index contributed by atoms with van der Waals surface area (Å²) in [4.78, 5) is 11.2. The molecule has 0 saturated carbocycles. The van der Waals surface area contributed by atoms with E-state index in [1.807, 2.05) is 6.92 Å². The Morgan fingerprint density at radius 3 is 2.22 bits per heavy atom. The molecular weight excluding hydrogens is 245 g/mol. The van der Waals surface area contributed by atoms with Crippen molar-refractivity contribution in [1.82, 2.24) is 0 Å². The van der Waals surface area contributed by atoms with Crippen molar-refractivity contribution in [3.05, 3.63) is 35.4 Å². The Balaban J connectivity index is 2.85. The zero-order valence-electron chi connectivity index (χ0n) is 10.3. The Morgan fingerprint density at radius 1 is 1.28 bits per heavy atom. The third-order valence-electron chi connectivity index (χ3n) is 2.84.